The van der Waals surface area contributed by atoms with Crippen LogP contribution in [0.15, 0.2) is 41.2 Å². The third kappa shape index (κ3) is 4.27. The van der Waals surface area contributed by atoms with Crippen molar-refractivity contribution in [2.45, 2.75) is 51.0 Å². The molecule has 8 heteroatoms. The highest BCUT2D eigenvalue weighted by Gasteiger charge is 2.29. The second-order valence-corrected chi connectivity index (χ2v) is 9.40. The molecule has 8 nitrogen and oxygen atoms in total. The fourth-order valence-corrected chi connectivity index (χ4v) is 4.70. The number of aryl methyl sites for hydroxylation is 1. The molecule has 2 N–H and O–H groups in total. The van der Waals surface area contributed by atoms with Crippen LogP contribution in [0.1, 0.15) is 60.6 Å². The zero-order chi connectivity index (χ0) is 23.9. The topological polar surface area (TPSA) is 103 Å². The van der Waals surface area contributed by atoms with Gasteiger partial charge in [0, 0.05) is 23.6 Å². The van der Waals surface area contributed by atoms with E-state index in [-0.39, 0.29) is 24.4 Å². The summed E-state index contributed by atoms with van der Waals surface area (Å²) in [5.41, 5.74) is 3.82. The summed E-state index contributed by atoms with van der Waals surface area (Å²) in [7, 11) is 1.35. The monoisotopic (exact) mass is 464 g/mol. The van der Waals surface area contributed by atoms with Crippen molar-refractivity contribution >= 4 is 5.97 Å². The highest BCUT2D eigenvalue weighted by Crippen LogP contribution is 2.38. The van der Waals surface area contributed by atoms with Gasteiger partial charge in [-0.25, -0.2) is 0 Å². The van der Waals surface area contributed by atoms with E-state index >= 15 is 0 Å². The molecule has 2 aliphatic rings. The van der Waals surface area contributed by atoms with Crippen molar-refractivity contribution in [3.05, 3.63) is 74.7 Å². The SMILES string of the molecule is COC(=O)C[C@@H](c1ccc2c(c1)OCO2)c1c(Cc2ccc3c(c2)CCC(C)(C)O3)[nH][nH]c1=O. The molecule has 0 saturated carbocycles. The van der Waals surface area contributed by atoms with Gasteiger partial charge in [-0.2, -0.15) is 0 Å². The van der Waals surface area contributed by atoms with Gasteiger partial charge < -0.3 is 24.0 Å². The maximum Gasteiger partial charge on any atom is 0.306 e. The lowest BCUT2D eigenvalue weighted by Crippen LogP contribution is -2.32. The summed E-state index contributed by atoms with van der Waals surface area (Å²) in [6, 6.07) is 11.6. The van der Waals surface area contributed by atoms with E-state index in [9.17, 15) is 9.59 Å². The summed E-state index contributed by atoms with van der Waals surface area (Å²) >= 11 is 0. The van der Waals surface area contributed by atoms with E-state index in [1.165, 1.54) is 7.11 Å². The number of aromatic amines is 2. The number of benzene rings is 2. The fourth-order valence-electron chi connectivity index (χ4n) is 4.70. The number of ether oxygens (including phenoxy) is 4. The first-order valence-corrected chi connectivity index (χ1v) is 11.4. The van der Waals surface area contributed by atoms with Gasteiger partial charge in [-0.1, -0.05) is 18.2 Å². The summed E-state index contributed by atoms with van der Waals surface area (Å²) in [4.78, 5) is 25.2. The third-order valence-electron chi connectivity index (χ3n) is 6.53. The minimum atomic E-state index is -0.506. The Hall–Kier alpha value is -3.68. The van der Waals surface area contributed by atoms with E-state index in [2.05, 4.69) is 30.1 Å². The van der Waals surface area contributed by atoms with Gasteiger partial charge in [0.15, 0.2) is 11.5 Å². The van der Waals surface area contributed by atoms with Crippen molar-refractivity contribution in [3.63, 3.8) is 0 Å². The van der Waals surface area contributed by atoms with Gasteiger partial charge >= 0.3 is 5.97 Å². The second-order valence-electron chi connectivity index (χ2n) is 9.40. The Balaban J connectivity index is 1.49. The van der Waals surface area contributed by atoms with Crippen LogP contribution in [0.4, 0.5) is 0 Å². The Morgan fingerprint density at radius 3 is 2.71 bits per heavy atom. The predicted octanol–water partition coefficient (Wildman–Crippen LogP) is 3.82. The molecule has 34 heavy (non-hydrogen) atoms. The smallest absolute Gasteiger partial charge is 0.306 e. The average molecular weight is 465 g/mol. The Morgan fingerprint density at radius 1 is 1.09 bits per heavy atom. The number of rotatable bonds is 6. The van der Waals surface area contributed by atoms with E-state index < -0.39 is 11.9 Å². The van der Waals surface area contributed by atoms with Crippen LogP contribution >= 0.6 is 0 Å². The summed E-state index contributed by atoms with van der Waals surface area (Å²) in [6.07, 6.45) is 2.42. The van der Waals surface area contributed by atoms with Crippen molar-refractivity contribution in [2.75, 3.05) is 13.9 Å². The number of aromatic nitrogens is 2. The molecule has 0 unspecified atom stereocenters. The summed E-state index contributed by atoms with van der Waals surface area (Å²) < 4.78 is 22.0. The Labute approximate surface area is 197 Å². The first-order valence-electron chi connectivity index (χ1n) is 11.4. The zero-order valence-electron chi connectivity index (χ0n) is 19.5. The van der Waals surface area contributed by atoms with Gasteiger partial charge in [0.2, 0.25) is 6.79 Å². The van der Waals surface area contributed by atoms with Crippen molar-refractivity contribution in [3.8, 4) is 17.2 Å². The van der Waals surface area contributed by atoms with Crippen molar-refractivity contribution in [1.82, 2.24) is 10.2 Å². The van der Waals surface area contributed by atoms with Crippen LogP contribution in [0, 0.1) is 0 Å². The quantitative estimate of drug-likeness (QED) is 0.538. The van der Waals surface area contributed by atoms with E-state index in [0.717, 1.165) is 41.0 Å². The summed E-state index contributed by atoms with van der Waals surface area (Å²) in [6.45, 7) is 4.34. The molecular weight excluding hydrogens is 436 g/mol. The molecule has 0 spiro atoms. The van der Waals surface area contributed by atoms with Crippen molar-refractivity contribution < 1.29 is 23.7 Å². The highest BCUT2D eigenvalue weighted by molar-refractivity contribution is 5.71. The van der Waals surface area contributed by atoms with Crippen LogP contribution in [0.25, 0.3) is 0 Å². The molecule has 0 aliphatic carbocycles. The molecule has 0 radical (unpaired) electrons. The van der Waals surface area contributed by atoms with Crippen molar-refractivity contribution in [2.24, 2.45) is 0 Å². The first kappa shape index (κ1) is 22.1. The number of methoxy groups -OCH3 is 1. The van der Waals surface area contributed by atoms with Gasteiger partial charge in [0.25, 0.3) is 5.56 Å². The number of fused-ring (bicyclic) bond motifs is 2. The summed E-state index contributed by atoms with van der Waals surface area (Å²) in [5, 5.41) is 5.74. The van der Waals surface area contributed by atoms with Gasteiger partial charge in [-0.15, -0.1) is 0 Å². The van der Waals surface area contributed by atoms with Crippen molar-refractivity contribution in [1.29, 1.82) is 0 Å². The maximum atomic E-state index is 12.9. The highest BCUT2D eigenvalue weighted by atomic mass is 16.7. The third-order valence-corrected chi connectivity index (χ3v) is 6.53. The average Bonchev–Trinajstić information content (AvgIpc) is 3.43. The normalized spacial score (nSPS) is 16.4. The lowest BCUT2D eigenvalue weighted by Gasteiger charge is -2.32. The van der Waals surface area contributed by atoms with E-state index in [1.54, 1.807) is 6.07 Å². The number of carbonyl (C=O) groups is 1. The van der Waals surface area contributed by atoms with Gasteiger partial charge in [-0.05, 0) is 61.6 Å². The number of H-pyrrole nitrogens is 2. The van der Waals surface area contributed by atoms with Crippen LogP contribution in [-0.2, 0) is 22.4 Å². The fraction of sp³-hybridized carbons (Fsp3) is 0.385. The second kappa shape index (κ2) is 8.59. The van der Waals surface area contributed by atoms with Crippen LogP contribution in [0.2, 0.25) is 0 Å². The lowest BCUT2D eigenvalue weighted by atomic mass is 9.86. The zero-order valence-corrected chi connectivity index (χ0v) is 19.5. The number of carbonyl (C=O) groups excluding carboxylic acids is 1. The van der Waals surface area contributed by atoms with Crippen LogP contribution in [-0.4, -0.2) is 35.7 Å². The minimum Gasteiger partial charge on any atom is -0.488 e. The molecule has 3 aromatic rings. The number of hydrogen-bond acceptors (Lipinski definition) is 6. The summed E-state index contributed by atoms with van der Waals surface area (Å²) in [5.74, 6) is 1.24. The molecule has 0 amide bonds. The maximum absolute atomic E-state index is 12.9. The van der Waals surface area contributed by atoms with Crippen LogP contribution in [0.3, 0.4) is 0 Å². The molecule has 2 aromatic carbocycles. The van der Waals surface area contributed by atoms with E-state index in [4.69, 9.17) is 18.9 Å². The molecule has 0 fully saturated rings. The van der Waals surface area contributed by atoms with Gasteiger partial charge in [-0.3, -0.25) is 14.7 Å². The van der Waals surface area contributed by atoms with E-state index in [1.807, 2.05) is 24.3 Å². The molecule has 1 atom stereocenters. The van der Waals surface area contributed by atoms with E-state index in [0.29, 0.717) is 23.5 Å². The molecular formula is C26H28N2O6. The molecule has 2 aliphatic heterocycles. The van der Waals surface area contributed by atoms with Gasteiger partial charge in [0.05, 0.1) is 13.5 Å². The molecule has 0 bridgehead atoms. The number of nitrogens with one attached hydrogen (secondary N) is 2. The lowest BCUT2D eigenvalue weighted by molar-refractivity contribution is -0.140. The first-order chi connectivity index (χ1) is 16.3. The number of hydrogen-bond donors (Lipinski definition) is 2. The molecule has 3 heterocycles. The van der Waals surface area contributed by atoms with Crippen LogP contribution in [0.5, 0.6) is 17.2 Å². The van der Waals surface area contributed by atoms with Crippen LogP contribution < -0.4 is 19.8 Å². The largest absolute Gasteiger partial charge is 0.488 e. The molecule has 5 rings (SSSR count). The molecule has 178 valence electrons. The Kier molecular flexibility index (Phi) is 5.59. The molecule has 0 saturated heterocycles. The minimum absolute atomic E-state index is 0.0250. The molecule has 1 aromatic heterocycles. The Morgan fingerprint density at radius 2 is 1.88 bits per heavy atom. The standard InChI is InChI=1S/C26H28N2O6/c1-26(2)9-8-17-10-15(4-6-20(17)34-26)11-19-24(25(30)28-27-19)18(13-23(29)31-3)16-5-7-21-22(12-16)33-14-32-21/h4-7,10,12,18H,8-9,11,13-14H2,1-3H3,(H2,27,28,30)/t18-/m0/s1. The number of esters is 1. The Bertz CT molecular complexity index is 1290. The van der Waals surface area contributed by atoms with Gasteiger partial charge in [0.1, 0.15) is 11.4 Å². The predicted molar refractivity (Wildman–Crippen MR) is 125 cm³/mol.